The molecule has 0 saturated heterocycles. The Bertz CT molecular complexity index is 511. The zero-order chi connectivity index (χ0) is 13.7. The molecule has 1 aromatic rings. The van der Waals surface area contributed by atoms with Gasteiger partial charge in [-0.05, 0) is 30.4 Å². The third-order valence-corrected chi connectivity index (χ3v) is 3.42. The van der Waals surface area contributed by atoms with E-state index in [1.165, 1.54) is 12.0 Å². The van der Waals surface area contributed by atoms with E-state index in [2.05, 4.69) is 24.1 Å². The van der Waals surface area contributed by atoms with E-state index < -0.39 is 0 Å². The van der Waals surface area contributed by atoms with Crippen molar-refractivity contribution in [3.05, 3.63) is 60.8 Å². The van der Waals surface area contributed by atoms with Crippen molar-refractivity contribution in [2.75, 3.05) is 13.8 Å². The van der Waals surface area contributed by atoms with Gasteiger partial charge in [0.05, 0.1) is 7.11 Å². The van der Waals surface area contributed by atoms with Crippen molar-refractivity contribution in [2.45, 2.75) is 11.4 Å². The topological polar surface area (TPSA) is 21.7 Å². The molecule has 0 amide bonds. The van der Waals surface area contributed by atoms with Crippen LogP contribution in [0.1, 0.15) is 5.56 Å². The standard InChI is InChI=1S/C15H17NO2S/c1-4-6-13(5-2)16-10-12-9-14(19-17-3)7-8-15(12)18-11-16/h4-9H,1-2,10-11H2,3H3/b13-6+. The van der Waals surface area contributed by atoms with Gasteiger partial charge in [-0.3, -0.25) is 0 Å². The van der Waals surface area contributed by atoms with Gasteiger partial charge in [0.2, 0.25) is 0 Å². The van der Waals surface area contributed by atoms with Crippen LogP contribution in [0.4, 0.5) is 0 Å². The number of hydrogen-bond acceptors (Lipinski definition) is 4. The van der Waals surface area contributed by atoms with Crippen molar-refractivity contribution in [1.82, 2.24) is 4.90 Å². The summed E-state index contributed by atoms with van der Waals surface area (Å²) in [6.07, 6.45) is 5.49. The number of rotatable bonds is 5. The first-order chi connectivity index (χ1) is 9.28. The number of fused-ring (bicyclic) bond motifs is 1. The Hall–Kier alpha value is -1.65. The minimum absolute atomic E-state index is 0.523. The Morgan fingerprint density at radius 1 is 1.47 bits per heavy atom. The molecule has 4 heteroatoms. The van der Waals surface area contributed by atoms with E-state index >= 15 is 0 Å². The van der Waals surface area contributed by atoms with Crippen LogP contribution in [0.2, 0.25) is 0 Å². The number of allylic oxidation sites excluding steroid dienone is 3. The van der Waals surface area contributed by atoms with E-state index in [9.17, 15) is 0 Å². The van der Waals surface area contributed by atoms with Gasteiger partial charge in [-0.1, -0.05) is 19.2 Å². The lowest BCUT2D eigenvalue weighted by molar-refractivity contribution is 0.132. The number of nitrogens with zero attached hydrogens (tertiary/aromatic N) is 1. The van der Waals surface area contributed by atoms with Crippen LogP contribution in [0.15, 0.2) is 60.2 Å². The molecule has 1 aliphatic heterocycles. The van der Waals surface area contributed by atoms with Gasteiger partial charge in [0.1, 0.15) is 5.75 Å². The second-order valence-corrected chi connectivity index (χ2v) is 4.99. The first-order valence-electron chi connectivity index (χ1n) is 5.95. The lowest BCUT2D eigenvalue weighted by Crippen LogP contribution is -2.30. The molecule has 0 saturated carbocycles. The van der Waals surface area contributed by atoms with Gasteiger partial charge < -0.3 is 13.8 Å². The highest BCUT2D eigenvalue weighted by atomic mass is 32.2. The quantitative estimate of drug-likeness (QED) is 0.602. The van der Waals surface area contributed by atoms with Crippen molar-refractivity contribution in [3.63, 3.8) is 0 Å². The fourth-order valence-corrected chi connectivity index (χ4v) is 2.46. The molecule has 0 N–H and O–H groups in total. The summed E-state index contributed by atoms with van der Waals surface area (Å²) >= 11 is 1.35. The van der Waals surface area contributed by atoms with Crippen LogP contribution in [-0.2, 0) is 10.7 Å². The normalized spacial score (nSPS) is 14.6. The maximum atomic E-state index is 5.75. The molecule has 0 aromatic heterocycles. The van der Waals surface area contributed by atoms with Crippen LogP contribution in [0.25, 0.3) is 0 Å². The van der Waals surface area contributed by atoms with Gasteiger partial charge in [0.25, 0.3) is 0 Å². The van der Waals surface area contributed by atoms with E-state index in [0.29, 0.717) is 6.73 Å². The molecule has 0 unspecified atom stereocenters. The van der Waals surface area contributed by atoms with Gasteiger partial charge in [0.15, 0.2) is 6.73 Å². The smallest absolute Gasteiger partial charge is 0.161 e. The Kier molecular flexibility index (Phi) is 4.71. The zero-order valence-corrected chi connectivity index (χ0v) is 11.8. The lowest BCUT2D eigenvalue weighted by Gasteiger charge is -2.31. The first kappa shape index (κ1) is 13.8. The van der Waals surface area contributed by atoms with Crippen LogP contribution in [0.5, 0.6) is 5.75 Å². The zero-order valence-electron chi connectivity index (χ0n) is 11.0. The van der Waals surface area contributed by atoms with Crippen molar-refractivity contribution in [2.24, 2.45) is 0 Å². The molecule has 0 radical (unpaired) electrons. The molecule has 0 bridgehead atoms. The van der Waals surface area contributed by atoms with E-state index in [1.54, 1.807) is 13.2 Å². The highest BCUT2D eigenvalue weighted by Gasteiger charge is 2.18. The Morgan fingerprint density at radius 2 is 2.32 bits per heavy atom. The van der Waals surface area contributed by atoms with Crippen molar-refractivity contribution in [1.29, 1.82) is 0 Å². The molecule has 0 fully saturated rings. The second kappa shape index (κ2) is 6.50. The maximum Gasteiger partial charge on any atom is 0.161 e. The first-order valence-corrected chi connectivity index (χ1v) is 6.69. The van der Waals surface area contributed by atoms with Gasteiger partial charge in [-0.25, -0.2) is 0 Å². The summed E-state index contributed by atoms with van der Waals surface area (Å²) in [6.45, 7) is 8.85. The average Bonchev–Trinajstić information content (AvgIpc) is 2.44. The molecule has 2 rings (SSSR count). The summed E-state index contributed by atoms with van der Waals surface area (Å²) in [5.74, 6) is 0.929. The number of benzene rings is 1. The fraction of sp³-hybridized carbons (Fsp3) is 0.200. The predicted octanol–water partition coefficient (Wildman–Crippen LogP) is 3.75. The molecule has 19 heavy (non-hydrogen) atoms. The van der Waals surface area contributed by atoms with Crippen molar-refractivity contribution >= 4 is 12.0 Å². The summed E-state index contributed by atoms with van der Waals surface area (Å²) in [6, 6.07) is 6.07. The second-order valence-electron chi connectivity index (χ2n) is 4.02. The van der Waals surface area contributed by atoms with E-state index in [-0.39, 0.29) is 0 Å². The van der Waals surface area contributed by atoms with Crippen LogP contribution < -0.4 is 4.74 Å². The van der Waals surface area contributed by atoms with E-state index in [1.807, 2.05) is 24.3 Å². The largest absolute Gasteiger partial charge is 0.473 e. The molecular weight excluding hydrogens is 258 g/mol. The number of ether oxygens (including phenoxy) is 1. The molecule has 1 heterocycles. The van der Waals surface area contributed by atoms with E-state index in [4.69, 9.17) is 8.92 Å². The summed E-state index contributed by atoms with van der Waals surface area (Å²) in [5, 5.41) is 0. The third kappa shape index (κ3) is 3.22. The molecule has 1 aromatic carbocycles. The minimum Gasteiger partial charge on any atom is -0.473 e. The van der Waals surface area contributed by atoms with Gasteiger partial charge >= 0.3 is 0 Å². The highest BCUT2D eigenvalue weighted by molar-refractivity contribution is 7.94. The molecule has 0 aliphatic carbocycles. The average molecular weight is 275 g/mol. The summed E-state index contributed by atoms with van der Waals surface area (Å²) < 4.78 is 10.8. The molecule has 100 valence electrons. The predicted molar refractivity (Wildman–Crippen MR) is 78.8 cm³/mol. The third-order valence-electron chi connectivity index (χ3n) is 2.81. The minimum atomic E-state index is 0.523. The molecule has 0 spiro atoms. The Balaban J connectivity index is 2.22. The SMILES string of the molecule is C=C/C=C(\C=C)N1COc2ccc(SOC)cc2C1. The fourth-order valence-electron chi connectivity index (χ4n) is 1.96. The molecule has 0 atom stereocenters. The van der Waals surface area contributed by atoms with Crippen molar-refractivity contribution < 1.29 is 8.92 Å². The Morgan fingerprint density at radius 3 is 3.00 bits per heavy atom. The van der Waals surface area contributed by atoms with Crippen LogP contribution in [0, 0.1) is 0 Å². The summed E-state index contributed by atoms with van der Waals surface area (Å²) in [5.41, 5.74) is 2.15. The van der Waals surface area contributed by atoms with Crippen molar-refractivity contribution in [3.8, 4) is 5.75 Å². The van der Waals surface area contributed by atoms with E-state index in [0.717, 1.165) is 28.5 Å². The van der Waals surface area contributed by atoms with Gasteiger partial charge in [-0.2, -0.15) is 0 Å². The lowest BCUT2D eigenvalue weighted by atomic mass is 10.1. The Labute approximate surface area is 118 Å². The van der Waals surface area contributed by atoms with Crippen LogP contribution in [-0.4, -0.2) is 18.7 Å². The molecule has 1 aliphatic rings. The monoisotopic (exact) mass is 275 g/mol. The summed E-state index contributed by atoms with van der Waals surface area (Å²) in [4.78, 5) is 3.18. The summed E-state index contributed by atoms with van der Waals surface area (Å²) in [7, 11) is 1.66. The number of hydrogen-bond donors (Lipinski definition) is 0. The van der Waals surface area contributed by atoms with Crippen LogP contribution >= 0.6 is 12.0 Å². The maximum absolute atomic E-state index is 5.75. The van der Waals surface area contributed by atoms with Gasteiger partial charge in [0, 0.05) is 34.7 Å². The molecule has 3 nitrogen and oxygen atoms in total. The van der Waals surface area contributed by atoms with Crippen LogP contribution in [0.3, 0.4) is 0 Å². The van der Waals surface area contributed by atoms with Gasteiger partial charge in [-0.15, -0.1) is 0 Å². The molecular formula is C15H17NO2S. The highest BCUT2D eigenvalue weighted by Crippen LogP contribution is 2.31.